The lowest BCUT2D eigenvalue weighted by Gasteiger charge is -2.32. The first-order valence-electron chi connectivity index (χ1n) is 9.16. The Kier molecular flexibility index (Phi) is 6.10. The van der Waals surface area contributed by atoms with Gasteiger partial charge in [0.25, 0.3) is 0 Å². The number of hydrogen-bond donors (Lipinski definition) is 1. The molecule has 2 fully saturated rings. The van der Waals surface area contributed by atoms with Gasteiger partial charge < -0.3 is 15.0 Å². The van der Waals surface area contributed by atoms with Crippen LogP contribution in [0.4, 0.5) is 0 Å². The summed E-state index contributed by atoms with van der Waals surface area (Å²) in [6.07, 6.45) is 2.28. The van der Waals surface area contributed by atoms with Crippen LogP contribution < -0.4 is 5.32 Å². The molecule has 2 aliphatic heterocycles. The minimum atomic E-state index is 0.635. The molecule has 0 aromatic heterocycles. The third kappa shape index (κ3) is 4.08. The number of morpholine rings is 1. The minimum absolute atomic E-state index is 0.635. The number of aliphatic imine (C=N–C) groups is 1. The molecule has 3 rings (SSSR count). The first kappa shape index (κ1) is 17.2. The van der Waals surface area contributed by atoms with Crippen molar-refractivity contribution in [2.75, 3.05) is 46.4 Å². The van der Waals surface area contributed by atoms with E-state index in [2.05, 4.69) is 51.3 Å². The van der Waals surface area contributed by atoms with Gasteiger partial charge >= 0.3 is 0 Å². The first-order chi connectivity index (χ1) is 11.8. The van der Waals surface area contributed by atoms with E-state index in [4.69, 9.17) is 4.74 Å². The van der Waals surface area contributed by atoms with Crippen LogP contribution in [0.1, 0.15) is 24.5 Å². The Bertz CT molecular complexity index is 554. The molecule has 0 saturated carbocycles. The lowest BCUT2D eigenvalue weighted by atomic mass is 10.1. The zero-order valence-corrected chi connectivity index (χ0v) is 15.0. The van der Waals surface area contributed by atoms with Gasteiger partial charge in [0.1, 0.15) is 0 Å². The molecule has 1 aromatic rings. The van der Waals surface area contributed by atoms with Gasteiger partial charge in [-0.15, -0.1) is 0 Å². The first-order valence-corrected chi connectivity index (χ1v) is 9.16. The van der Waals surface area contributed by atoms with E-state index in [-0.39, 0.29) is 0 Å². The normalized spacial score (nSPS) is 22.8. The SMILES string of the molecule is CCc1ccccc1CNC(=NC)N1CCC(N2CCOCC2)C1. The summed E-state index contributed by atoms with van der Waals surface area (Å²) in [6.45, 7) is 9.07. The molecule has 0 aliphatic carbocycles. The Hall–Kier alpha value is -1.59. The van der Waals surface area contributed by atoms with Crippen molar-refractivity contribution in [3.8, 4) is 0 Å². The summed E-state index contributed by atoms with van der Waals surface area (Å²) >= 11 is 0. The van der Waals surface area contributed by atoms with Crippen molar-refractivity contribution in [2.45, 2.75) is 32.4 Å². The highest BCUT2D eigenvalue weighted by atomic mass is 16.5. The molecule has 1 aromatic carbocycles. The van der Waals surface area contributed by atoms with Crippen molar-refractivity contribution in [3.63, 3.8) is 0 Å². The summed E-state index contributed by atoms with van der Waals surface area (Å²) in [4.78, 5) is 9.48. The number of hydrogen-bond acceptors (Lipinski definition) is 3. The highest BCUT2D eigenvalue weighted by Gasteiger charge is 2.30. The van der Waals surface area contributed by atoms with Crippen LogP contribution in [-0.2, 0) is 17.7 Å². The highest BCUT2D eigenvalue weighted by Crippen LogP contribution is 2.17. The van der Waals surface area contributed by atoms with Crippen molar-refractivity contribution < 1.29 is 4.74 Å². The average Bonchev–Trinajstić information content (AvgIpc) is 3.13. The smallest absolute Gasteiger partial charge is 0.193 e. The molecular weight excluding hydrogens is 300 g/mol. The number of likely N-dealkylation sites (tertiary alicyclic amines) is 1. The van der Waals surface area contributed by atoms with Gasteiger partial charge in [-0.25, -0.2) is 0 Å². The molecule has 1 atom stereocenters. The highest BCUT2D eigenvalue weighted by molar-refractivity contribution is 5.80. The summed E-state index contributed by atoms with van der Waals surface area (Å²) in [5, 5.41) is 3.56. The molecule has 1 N–H and O–H groups in total. The van der Waals surface area contributed by atoms with Crippen molar-refractivity contribution in [3.05, 3.63) is 35.4 Å². The number of nitrogens with zero attached hydrogens (tertiary/aromatic N) is 3. The fourth-order valence-electron chi connectivity index (χ4n) is 3.76. The molecule has 0 amide bonds. The lowest BCUT2D eigenvalue weighted by molar-refractivity contribution is 0.0195. The van der Waals surface area contributed by atoms with E-state index in [0.29, 0.717) is 6.04 Å². The van der Waals surface area contributed by atoms with Crippen LogP contribution in [0.25, 0.3) is 0 Å². The third-order valence-corrected chi connectivity index (χ3v) is 5.17. The van der Waals surface area contributed by atoms with E-state index in [9.17, 15) is 0 Å². The fraction of sp³-hybridized carbons (Fsp3) is 0.632. The molecule has 0 bridgehead atoms. The number of guanidine groups is 1. The predicted octanol–water partition coefficient (Wildman–Crippen LogP) is 1.73. The molecule has 24 heavy (non-hydrogen) atoms. The van der Waals surface area contributed by atoms with Crippen molar-refractivity contribution in [2.24, 2.45) is 4.99 Å². The van der Waals surface area contributed by atoms with Crippen molar-refractivity contribution in [1.29, 1.82) is 0 Å². The van der Waals surface area contributed by atoms with E-state index in [1.165, 1.54) is 17.5 Å². The molecule has 132 valence electrons. The zero-order chi connectivity index (χ0) is 16.8. The standard InChI is InChI=1S/C19H30N4O/c1-3-16-6-4-5-7-17(16)14-21-19(20-2)23-9-8-18(15-23)22-10-12-24-13-11-22/h4-7,18H,3,8-15H2,1-2H3,(H,20,21). The number of ether oxygens (including phenoxy) is 1. The van der Waals surface area contributed by atoms with Crippen LogP contribution in [0.2, 0.25) is 0 Å². The molecule has 2 heterocycles. The Morgan fingerprint density at radius 1 is 1.21 bits per heavy atom. The number of benzene rings is 1. The lowest BCUT2D eigenvalue weighted by Crippen LogP contribution is -2.46. The van der Waals surface area contributed by atoms with Gasteiger partial charge in [0.2, 0.25) is 0 Å². The van der Waals surface area contributed by atoms with Gasteiger partial charge in [-0.3, -0.25) is 9.89 Å². The second kappa shape index (κ2) is 8.49. The van der Waals surface area contributed by atoms with Crippen LogP contribution in [0.3, 0.4) is 0 Å². The average molecular weight is 330 g/mol. The number of aryl methyl sites for hydroxylation is 1. The van der Waals surface area contributed by atoms with Gasteiger partial charge in [-0.2, -0.15) is 0 Å². The monoisotopic (exact) mass is 330 g/mol. The number of rotatable bonds is 4. The van der Waals surface area contributed by atoms with E-state index in [1.54, 1.807) is 0 Å². The zero-order valence-electron chi connectivity index (χ0n) is 15.0. The molecular formula is C19H30N4O. The van der Waals surface area contributed by atoms with Crippen LogP contribution in [0.15, 0.2) is 29.3 Å². The Balaban J connectivity index is 1.55. The maximum absolute atomic E-state index is 5.47. The van der Waals surface area contributed by atoms with E-state index in [1.807, 2.05) is 7.05 Å². The Labute approximate surface area is 145 Å². The maximum Gasteiger partial charge on any atom is 0.193 e. The van der Waals surface area contributed by atoms with Crippen LogP contribution in [0, 0.1) is 0 Å². The van der Waals surface area contributed by atoms with Gasteiger partial charge in [-0.05, 0) is 24.0 Å². The van der Waals surface area contributed by atoms with Gasteiger partial charge in [0.15, 0.2) is 5.96 Å². The Morgan fingerprint density at radius 3 is 2.67 bits per heavy atom. The van der Waals surface area contributed by atoms with Crippen LogP contribution >= 0.6 is 0 Å². The van der Waals surface area contributed by atoms with Crippen molar-refractivity contribution >= 4 is 5.96 Å². The number of nitrogens with one attached hydrogen (secondary N) is 1. The summed E-state index contributed by atoms with van der Waals surface area (Å²) in [5.41, 5.74) is 2.78. The largest absolute Gasteiger partial charge is 0.379 e. The minimum Gasteiger partial charge on any atom is -0.379 e. The van der Waals surface area contributed by atoms with Crippen LogP contribution in [-0.4, -0.2) is 68.2 Å². The Morgan fingerprint density at radius 2 is 1.96 bits per heavy atom. The summed E-state index contributed by atoms with van der Waals surface area (Å²) in [7, 11) is 1.89. The quantitative estimate of drug-likeness (QED) is 0.674. The molecule has 2 saturated heterocycles. The molecule has 2 aliphatic rings. The summed E-state index contributed by atoms with van der Waals surface area (Å²) in [6, 6.07) is 9.28. The molecule has 5 nitrogen and oxygen atoms in total. The maximum atomic E-state index is 5.47. The fourth-order valence-corrected chi connectivity index (χ4v) is 3.76. The summed E-state index contributed by atoms with van der Waals surface area (Å²) in [5.74, 6) is 1.02. The molecule has 1 unspecified atom stereocenters. The second-order valence-electron chi connectivity index (χ2n) is 6.56. The van der Waals surface area contributed by atoms with Crippen molar-refractivity contribution in [1.82, 2.24) is 15.1 Å². The second-order valence-corrected chi connectivity index (χ2v) is 6.56. The third-order valence-electron chi connectivity index (χ3n) is 5.17. The molecule has 5 heteroatoms. The molecule has 0 radical (unpaired) electrons. The van der Waals surface area contributed by atoms with Crippen LogP contribution in [0.5, 0.6) is 0 Å². The van der Waals surface area contributed by atoms with E-state index < -0.39 is 0 Å². The summed E-state index contributed by atoms with van der Waals surface area (Å²) < 4.78 is 5.47. The van der Waals surface area contributed by atoms with E-state index >= 15 is 0 Å². The molecule has 0 spiro atoms. The van der Waals surface area contributed by atoms with Gasteiger partial charge in [0, 0.05) is 45.8 Å². The predicted molar refractivity (Wildman–Crippen MR) is 98.4 cm³/mol. The van der Waals surface area contributed by atoms with E-state index in [0.717, 1.165) is 58.3 Å². The van der Waals surface area contributed by atoms with Gasteiger partial charge in [-0.1, -0.05) is 31.2 Å². The topological polar surface area (TPSA) is 40.1 Å². The van der Waals surface area contributed by atoms with Gasteiger partial charge in [0.05, 0.1) is 13.2 Å².